The van der Waals surface area contributed by atoms with Gasteiger partial charge in [0.2, 0.25) is 5.91 Å². The van der Waals surface area contributed by atoms with Gasteiger partial charge < -0.3 is 11.1 Å². The van der Waals surface area contributed by atoms with E-state index in [1.54, 1.807) is 0 Å². The predicted molar refractivity (Wildman–Crippen MR) is 53.2 cm³/mol. The van der Waals surface area contributed by atoms with E-state index in [0.717, 1.165) is 0 Å². The Morgan fingerprint density at radius 1 is 1.47 bits per heavy atom. The molecule has 0 aromatic carbocycles. The van der Waals surface area contributed by atoms with Gasteiger partial charge in [-0.25, -0.2) is 0 Å². The molecule has 0 fully saturated rings. The van der Waals surface area contributed by atoms with Crippen molar-refractivity contribution in [3.63, 3.8) is 0 Å². The van der Waals surface area contributed by atoms with Gasteiger partial charge >= 0.3 is 0 Å². The van der Waals surface area contributed by atoms with E-state index in [-0.39, 0.29) is 10.8 Å². The summed E-state index contributed by atoms with van der Waals surface area (Å²) in [6.45, 7) is 1.48. The highest BCUT2D eigenvalue weighted by molar-refractivity contribution is 6.29. The zero-order valence-electron chi connectivity index (χ0n) is 7.90. The van der Waals surface area contributed by atoms with Crippen molar-refractivity contribution in [2.75, 3.05) is 0 Å². The molecule has 0 aliphatic carbocycles. The summed E-state index contributed by atoms with van der Waals surface area (Å²) >= 11 is 5.49. The van der Waals surface area contributed by atoms with Crippen molar-refractivity contribution < 1.29 is 9.59 Å². The summed E-state index contributed by atoms with van der Waals surface area (Å²) in [6, 6.07) is 2.08. The van der Waals surface area contributed by atoms with Crippen molar-refractivity contribution in [2.45, 2.75) is 13.0 Å². The molecule has 1 atom stereocenters. The molecule has 1 unspecified atom stereocenters. The van der Waals surface area contributed by atoms with Crippen molar-refractivity contribution in [2.24, 2.45) is 5.73 Å². The van der Waals surface area contributed by atoms with E-state index >= 15 is 0 Å². The Hall–Kier alpha value is -1.69. The smallest absolute Gasteiger partial charge is 0.272 e. The number of nitrogens with two attached hydrogens (primary N) is 1. The van der Waals surface area contributed by atoms with Crippen molar-refractivity contribution in [3.8, 4) is 0 Å². The van der Waals surface area contributed by atoms with Gasteiger partial charge in [-0.2, -0.15) is 0 Å². The normalized spacial score (nSPS) is 11.9. The number of aromatic nitrogens is 2. The van der Waals surface area contributed by atoms with E-state index in [1.165, 1.54) is 19.1 Å². The number of hydrogen-bond acceptors (Lipinski definition) is 4. The molecule has 1 heterocycles. The van der Waals surface area contributed by atoms with Gasteiger partial charge in [-0.3, -0.25) is 9.59 Å². The van der Waals surface area contributed by atoms with Crippen LogP contribution in [0.25, 0.3) is 0 Å². The van der Waals surface area contributed by atoms with Crippen LogP contribution in [-0.4, -0.2) is 28.1 Å². The van der Waals surface area contributed by atoms with Crippen LogP contribution in [0.4, 0.5) is 0 Å². The fourth-order valence-corrected chi connectivity index (χ4v) is 0.880. The Morgan fingerprint density at radius 2 is 2.13 bits per heavy atom. The maximum Gasteiger partial charge on any atom is 0.272 e. The minimum atomic E-state index is -0.755. The Labute approximate surface area is 90.8 Å². The molecule has 3 N–H and O–H groups in total. The van der Waals surface area contributed by atoms with Gasteiger partial charge in [0.1, 0.15) is 6.04 Å². The third-order valence-corrected chi connectivity index (χ3v) is 1.84. The molecule has 0 saturated heterocycles. The number of halogens is 1. The lowest BCUT2D eigenvalue weighted by molar-refractivity contribution is -0.119. The number of primary amides is 1. The van der Waals surface area contributed by atoms with Crippen molar-refractivity contribution in [3.05, 3.63) is 23.0 Å². The van der Waals surface area contributed by atoms with E-state index in [2.05, 4.69) is 15.5 Å². The van der Waals surface area contributed by atoms with Crippen LogP contribution in [0.5, 0.6) is 0 Å². The van der Waals surface area contributed by atoms with Gasteiger partial charge in [0.05, 0.1) is 0 Å². The monoisotopic (exact) mass is 228 g/mol. The lowest BCUT2D eigenvalue weighted by Gasteiger charge is -2.08. The van der Waals surface area contributed by atoms with E-state index in [0.29, 0.717) is 0 Å². The van der Waals surface area contributed by atoms with Crippen LogP contribution in [0.15, 0.2) is 12.1 Å². The number of nitrogens with zero attached hydrogens (tertiary/aromatic N) is 2. The lowest BCUT2D eigenvalue weighted by atomic mass is 10.3. The molecule has 1 aromatic heterocycles. The predicted octanol–water partition coefficient (Wildman–Crippen LogP) is -0.266. The first-order valence-electron chi connectivity index (χ1n) is 4.10. The third-order valence-electron chi connectivity index (χ3n) is 1.64. The molecule has 0 saturated carbocycles. The van der Waals surface area contributed by atoms with Gasteiger partial charge in [0, 0.05) is 0 Å². The lowest BCUT2D eigenvalue weighted by Crippen LogP contribution is -2.42. The van der Waals surface area contributed by atoms with Gasteiger partial charge in [-0.15, -0.1) is 10.2 Å². The summed E-state index contributed by atoms with van der Waals surface area (Å²) in [7, 11) is 0. The minimum Gasteiger partial charge on any atom is -0.368 e. The summed E-state index contributed by atoms with van der Waals surface area (Å²) in [6.07, 6.45) is 0. The van der Waals surface area contributed by atoms with Gasteiger partial charge in [-0.1, -0.05) is 11.6 Å². The minimum absolute atomic E-state index is 0.0764. The van der Waals surface area contributed by atoms with Crippen LogP contribution in [0.2, 0.25) is 5.15 Å². The summed E-state index contributed by atoms with van der Waals surface area (Å²) in [5.74, 6) is -1.14. The molecular weight excluding hydrogens is 220 g/mol. The Balaban J connectivity index is 2.69. The number of hydrogen-bond donors (Lipinski definition) is 2. The summed E-state index contributed by atoms with van der Waals surface area (Å²) in [5.41, 5.74) is 5.05. The van der Waals surface area contributed by atoms with Gasteiger partial charge in [0.15, 0.2) is 10.8 Å². The summed E-state index contributed by atoms with van der Waals surface area (Å²) in [4.78, 5) is 22.1. The van der Waals surface area contributed by atoms with Gasteiger partial charge in [0.25, 0.3) is 5.91 Å². The second-order valence-corrected chi connectivity index (χ2v) is 3.23. The molecular formula is C8H9ClN4O2. The molecule has 1 aromatic rings. The first-order chi connectivity index (χ1) is 7.00. The average molecular weight is 229 g/mol. The van der Waals surface area contributed by atoms with Crippen LogP contribution in [0, 0.1) is 0 Å². The van der Waals surface area contributed by atoms with Crippen molar-refractivity contribution in [1.82, 2.24) is 15.5 Å². The average Bonchev–Trinajstić information content (AvgIpc) is 2.18. The molecule has 7 heteroatoms. The van der Waals surface area contributed by atoms with Gasteiger partial charge in [-0.05, 0) is 19.1 Å². The molecule has 15 heavy (non-hydrogen) atoms. The maximum atomic E-state index is 11.4. The number of carbonyl (C=O) groups excluding carboxylic acids is 2. The Kier molecular flexibility index (Phi) is 3.56. The van der Waals surface area contributed by atoms with E-state index in [4.69, 9.17) is 17.3 Å². The number of rotatable bonds is 3. The maximum absolute atomic E-state index is 11.4. The molecule has 0 aliphatic rings. The first kappa shape index (κ1) is 11.4. The van der Waals surface area contributed by atoms with Crippen molar-refractivity contribution in [1.29, 1.82) is 0 Å². The topological polar surface area (TPSA) is 98.0 Å². The van der Waals surface area contributed by atoms with E-state index < -0.39 is 17.9 Å². The molecule has 2 amide bonds. The first-order valence-corrected chi connectivity index (χ1v) is 4.48. The molecule has 1 rings (SSSR count). The number of carbonyl (C=O) groups is 2. The zero-order chi connectivity index (χ0) is 11.4. The SMILES string of the molecule is CC(NC(=O)c1ccc(Cl)nn1)C(N)=O. The van der Waals surface area contributed by atoms with E-state index in [1.807, 2.05) is 0 Å². The fraction of sp³-hybridized carbons (Fsp3) is 0.250. The molecule has 0 aliphatic heterocycles. The van der Waals surface area contributed by atoms with Crippen LogP contribution < -0.4 is 11.1 Å². The highest BCUT2D eigenvalue weighted by Crippen LogP contribution is 2.02. The van der Waals surface area contributed by atoms with Crippen LogP contribution >= 0.6 is 11.6 Å². The Bertz CT molecular complexity index is 379. The molecule has 0 spiro atoms. The Morgan fingerprint density at radius 3 is 2.60 bits per heavy atom. The molecule has 80 valence electrons. The fourth-order valence-electron chi connectivity index (χ4n) is 0.779. The highest BCUT2D eigenvalue weighted by atomic mass is 35.5. The standard InChI is InChI=1S/C8H9ClN4O2/c1-4(7(10)14)11-8(15)5-2-3-6(9)13-12-5/h2-4H,1H3,(H2,10,14)(H,11,15). The zero-order valence-corrected chi connectivity index (χ0v) is 8.65. The second kappa shape index (κ2) is 4.70. The molecule has 6 nitrogen and oxygen atoms in total. The largest absolute Gasteiger partial charge is 0.368 e. The number of amides is 2. The third kappa shape index (κ3) is 3.17. The highest BCUT2D eigenvalue weighted by Gasteiger charge is 2.14. The second-order valence-electron chi connectivity index (χ2n) is 2.84. The molecule has 0 radical (unpaired) electrons. The molecule has 0 bridgehead atoms. The number of nitrogens with one attached hydrogen (secondary N) is 1. The van der Waals surface area contributed by atoms with Crippen LogP contribution in [0.3, 0.4) is 0 Å². The van der Waals surface area contributed by atoms with Crippen LogP contribution in [0.1, 0.15) is 17.4 Å². The summed E-state index contributed by atoms with van der Waals surface area (Å²) < 4.78 is 0. The quantitative estimate of drug-likeness (QED) is 0.744. The van der Waals surface area contributed by atoms with E-state index in [9.17, 15) is 9.59 Å². The van der Waals surface area contributed by atoms with Crippen molar-refractivity contribution >= 4 is 23.4 Å². The summed E-state index contributed by atoms with van der Waals surface area (Å²) in [5, 5.41) is 9.58. The van der Waals surface area contributed by atoms with Crippen LogP contribution in [-0.2, 0) is 4.79 Å².